The SMILES string of the molecule is Cc1nnc2sc3c(NC4CCN(Cc5cnc(C(F)(F)F)nc5)CC4)ncnc3c2c1C. The second kappa shape index (κ2) is 8.41. The molecule has 1 aliphatic heterocycles. The van der Waals surface area contributed by atoms with Crippen molar-refractivity contribution in [3.8, 4) is 0 Å². The van der Waals surface area contributed by atoms with Crippen molar-refractivity contribution in [3.05, 3.63) is 41.4 Å². The number of hydrogen-bond donors (Lipinski definition) is 1. The summed E-state index contributed by atoms with van der Waals surface area (Å²) in [6.45, 7) is 6.11. The van der Waals surface area contributed by atoms with Crippen molar-refractivity contribution in [1.82, 2.24) is 35.0 Å². The number of alkyl halides is 3. The smallest absolute Gasteiger partial charge is 0.366 e. The van der Waals surface area contributed by atoms with Gasteiger partial charge in [0.05, 0.1) is 15.9 Å². The lowest BCUT2D eigenvalue weighted by atomic mass is 10.0. The summed E-state index contributed by atoms with van der Waals surface area (Å²) in [7, 11) is 0. The summed E-state index contributed by atoms with van der Waals surface area (Å²) in [5.74, 6) is -0.308. The van der Waals surface area contributed by atoms with Crippen LogP contribution in [0.25, 0.3) is 20.4 Å². The lowest BCUT2D eigenvalue weighted by Crippen LogP contribution is -2.38. The van der Waals surface area contributed by atoms with E-state index in [1.54, 1.807) is 6.33 Å². The van der Waals surface area contributed by atoms with E-state index in [-0.39, 0.29) is 6.04 Å². The van der Waals surface area contributed by atoms with Gasteiger partial charge in [0, 0.05) is 49.0 Å². The number of likely N-dealkylation sites (tertiary alicyclic amines) is 1. The molecule has 0 aromatic carbocycles. The lowest BCUT2D eigenvalue weighted by Gasteiger charge is -2.32. The molecule has 33 heavy (non-hydrogen) atoms. The lowest BCUT2D eigenvalue weighted by molar-refractivity contribution is -0.145. The molecule has 4 aromatic rings. The molecule has 4 aromatic heterocycles. The number of hydrogen-bond acceptors (Lipinski definition) is 9. The van der Waals surface area contributed by atoms with Gasteiger partial charge in [-0.15, -0.1) is 16.4 Å². The van der Waals surface area contributed by atoms with E-state index in [0.717, 1.165) is 63.4 Å². The van der Waals surface area contributed by atoms with Gasteiger partial charge < -0.3 is 5.32 Å². The predicted octanol–water partition coefficient (Wildman–Crippen LogP) is 4.14. The van der Waals surface area contributed by atoms with Crippen LogP contribution in [0.5, 0.6) is 0 Å². The largest absolute Gasteiger partial charge is 0.451 e. The van der Waals surface area contributed by atoms with Gasteiger partial charge in [0.2, 0.25) is 5.82 Å². The molecule has 1 N–H and O–H groups in total. The first-order valence-electron chi connectivity index (χ1n) is 10.5. The first kappa shape index (κ1) is 21.8. The summed E-state index contributed by atoms with van der Waals surface area (Å²) in [5, 5.41) is 13.1. The summed E-state index contributed by atoms with van der Waals surface area (Å²) in [6.07, 6.45) is 1.34. The van der Waals surface area contributed by atoms with E-state index < -0.39 is 12.0 Å². The molecule has 0 spiro atoms. The second-order valence-electron chi connectivity index (χ2n) is 8.20. The van der Waals surface area contributed by atoms with Gasteiger partial charge in [0.25, 0.3) is 0 Å². The molecule has 1 saturated heterocycles. The average molecular weight is 475 g/mol. The zero-order valence-electron chi connectivity index (χ0n) is 18.0. The number of fused-ring (bicyclic) bond motifs is 3. The van der Waals surface area contributed by atoms with Crippen LogP contribution in [0.3, 0.4) is 0 Å². The standard InChI is InChI=1S/C21H21F3N8S/c1-11-12(2)30-31-19-15(11)16-17(33-19)18(28-10-27-16)29-14-3-5-32(6-4-14)9-13-7-25-20(26-8-13)21(22,23)24/h7-8,10,14H,3-6,9H2,1-2H3,(H,27,28,29). The van der Waals surface area contributed by atoms with Gasteiger partial charge in [-0.3, -0.25) is 4.90 Å². The number of nitrogens with zero attached hydrogens (tertiary/aromatic N) is 7. The highest BCUT2D eigenvalue weighted by Gasteiger charge is 2.34. The Morgan fingerprint density at radius 2 is 1.79 bits per heavy atom. The van der Waals surface area contributed by atoms with Crippen molar-refractivity contribution in [2.45, 2.75) is 45.5 Å². The maximum Gasteiger partial charge on any atom is 0.451 e. The number of nitrogens with one attached hydrogen (secondary N) is 1. The van der Waals surface area contributed by atoms with Gasteiger partial charge in [0.1, 0.15) is 17.0 Å². The number of piperidine rings is 1. The Balaban J connectivity index is 1.25. The van der Waals surface area contributed by atoms with Crippen molar-refractivity contribution >= 4 is 37.6 Å². The molecule has 5 rings (SSSR count). The second-order valence-corrected chi connectivity index (χ2v) is 9.20. The molecule has 0 aliphatic carbocycles. The third-order valence-corrected chi connectivity index (χ3v) is 7.03. The zero-order chi connectivity index (χ0) is 23.2. The fourth-order valence-corrected chi connectivity index (χ4v) is 5.14. The summed E-state index contributed by atoms with van der Waals surface area (Å²) in [5.41, 5.74) is 3.53. The van der Waals surface area contributed by atoms with Crippen molar-refractivity contribution < 1.29 is 13.2 Å². The molecule has 8 nitrogen and oxygen atoms in total. The van der Waals surface area contributed by atoms with E-state index in [1.807, 2.05) is 13.8 Å². The zero-order valence-corrected chi connectivity index (χ0v) is 18.8. The average Bonchev–Trinajstić information content (AvgIpc) is 3.18. The van der Waals surface area contributed by atoms with Crippen LogP contribution in [-0.2, 0) is 12.7 Å². The number of anilines is 1. The van der Waals surface area contributed by atoms with Crippen LogP contribution in [0.2, 0.25) is 0 Å². The molecule has 1 aliphatic rings. The maximum absolute atomic E-state index is 12.6. The van der Waals surface area contributed by atoms with Crippen LogP contribution < -0.4 is 5.32 Å². The van der Waals surface area contributed by atoms with E-state index in [0.29, 0.717) is 12.1 Å². The Hall–Kier alpha value is -2.99. The molecule has 0 unspecified atom stereocenters. The van der Waals surface area contributed by atoms with E-state index in [9.17, 15) is 13.2 Å². The van der Waals surface area contributed by atoms with E-state index in [4.69, 9.17) is 0 Å². The third-order valence-electron chi connectivity index (χ3n) is 5.96. The van der Waals surface area contributed by atoms with E-state index >= 15 is 0 Å². The number of thiophene rings is 1. The first-order chi connectivity index (χ1) is 15.8. The number of aromatic nitrogens is 6. The number of halogens is 3. The van der Waals surface area contributed by atoms with Crippen LogP contribution in [0, 0.1) is 13.8 Å². The first-order valence-corrected chi connectivity index (χ1v) is 11.4. The van der Waals surface area contributed by atoms with E-state index in [2.05, 4.69) is 40.3 Å². The molecule has 0 bridgehead atoms. The van der Waals surface area contributed by atoms with Gasteiger partial charge >= 0.3 is 6.18 Å². The third kappa shape index (κ3) is 4.32. The number of rotatable bonds is 4. The molecule has 0 saturated carbocycles. The molecular formula is C21H21F3N8S. The summed E-state index contributed by atoms with van der Waals surface area (Å²) in [6, 6.07) is 0.238. The predicted molar refractivity (Wildman–Crippen MR) is 119 cm³/mol. The summed E-state index contributed by atoms with van der Waals surface area (Å²) < 4.78 is 38.9. The Bertz CT molecular complexity index is 1300. The van der Waals surface area contributed by atoms with Crippen LogP contribution in [0.1, 0.15) is 35.5 Å². The molecule has 0 atom stereocenters. The molecule has 12 heteroatoms. The molecule has 0 radical (unpaired) electrons. The molecule has 0 amide bonds. The van der Waals surface area contributed by atoms with Crippen molar-refractivity contribution in [2.24, 2.45) is 0 Å². The summed E-state index contributed by atoms with van der Waals surface area (Å²) >= 11 is 1.54. The maximum atomic E-state index is 12.6. The minimum absolute atomic E-state index is 0.238. The van der Waals surface area contributed by atoms with E-state index in [1.165, 1.54) is 23.7 Å². The molecule has 1 fully saturated rings. The van der Waals surface area contributed by atoms with Gasteiger partial charge in [-0.1, -0.05) is 0 Å². The highest BCUT2D eigenvalue weighted by molar-refractivity contribution is 7.25. The van der Waals surface area contributed by atoms with Crippen molar-refractivity contribution in [2.75, 3.05) is 18.4 Å². The molecule has 172 valence electrons. The van der Waals surface area contributed by atoms with Gasteiger partial charge in [-0.25, -0.2) is 19.9 Å². The normalized spacial score (nSPS) is 16.0. The fourth-order valence-electron chi connectivity index (χ4n) is 4.05. The van der Waals surface area contributed by atoms with Gasteiger partial charge in [-0.2, -0.15) is 18.3 Å². The quantitative estimate of drug-likeness (QED) is 0.472. The Morgan fingerprint density at radius 3 is 2.48 bits per heavy atom. The topological polar surface area (TPSA) is 92.6 Å². The molecule has 5 heterocycles. The van der Waals surface area contributed by atoms with Crippen molar-refractivity contribution in [3.63, 3.8) is 0 Å². The Kier molecular flexibility index (Phi) is 5.57. The number of aryl methyl sites for hydroxylation is 2. The van der Waals surface area contributed by atoms with Gasteiger partial charge in [0.15, 0.2) is 0 Å². The van der Waals surface area contributed by atoms with Crippen LogP contribution >= 0.6 is 11.3 Å². The highest BCUT2D eigenvalue weighted by atomic mass is 32.1. The Labute approximate surface area is 191 Å². The van der Waals surface area contributed by atoms with Crippen LogP contribution in [0.4, 0.5) is 19.0 Å². The summed E-state index contributed by atoms with van der Waals surface area (Å²) in [4.78, 5) is 18.9. The van der Waals surface area contributed by atoms with Gasteiger partial charge in [-0.05, 0) is 32.3 Å². The van der Waals surface area contributed by atoms with Crippen LogP contribution in [-0.4, -0.2) is 54.2 Å². The van der Waals surface area contributed by atoms with Crippen LogP contribution in [0.15, 0.2) is 18.7 Å². The monoisotopic (exact) mass is 474 g/mol. The minimum Gasteiger partial charge on any atom is -0.366 e. The Morgan fingerprint density at radius 1 is 1.06 bits per heavy atom. The minimum atomic E-state index is -4.52. The molecular weight excluding hydrogens is 453 g/mol. The van der Waals surface area contributed by atoms with Crippen molar-refractivity contribution in [1.29, 1.82) is 0 Å². The fraction of sp³-hybridized carbons (Fsp3) is 0.429. The highest BCUT2D eigenvalue weighted by Crippen LogP contribution is 2.37.